The number of nitriles is 1. The van der Waals surface area contributed by atoms with E-state index in [0.29, 0.717) is 21.8 Å². The maximum absolute atomic E-state index is 12.0. The maximum Gasteiger partial charge on any atom is 0.258 e. The highest BCUT2D eigenvalue weighted by Crippen LogP contribution is 2.24. The van der Waals surface area contributed by atoms with Crippen molar-refractivity contribution in [3.8, 4) is 6.07 Å². The molecular weight excluding hydrogens is 314 g/mol. The summed E-state index contributed by atoms with van der Waals surface area (Å²) < 4.78 is 0.811. The van der Waals surface area contributed by atoms with Crippen LogP contribution < -0.4 is 11.1 Å². The second-order valence-electron chi connectivity index (χ2n) is 3.46. The average molecular weight is 322 g/mol. The monoisotopic (exact) mass is 321 g/mol. The Kier molecular flexibility index (Phi) is 3.65. The number of carbonyl (C=O) groups excluding carboxylic acids is 1. The fourth-order valence-corrected chi connectivity index (χ4v) is 2.52. The van der Waals surface area contributed by atoms with Crippen LogP contribution in [0.4, 0.5) is 10.7 Å². The predicted octanol–water partition coefficient (Wildman–Crippen LogP) is 3.22. The second kappa shape index (κ2) is 5.21. The molecule has 0 aliphatic carbocycles. The first-order valence-electron chi connectivity index (χ1n) is 4.96. The van der Waals surface area contributed by atoms with Crippen LogP contribution in [0.25, 0.3) is 0 Å². The topological polar surface area (TPSA) is 78.9 Å². The molecule has 2 rings (SSSR count). The number of hydrogen-bond donors (Lipinski definition) is 2. The van der Waals surface area contributed by atoms with Crippen molar-refractivity contribution in [3.05, 3.63) is 45.2 Å². The minimum atomic E-state index is -0.320. The number of halogens is 1. The van der Waals surface area contributed by atoms with Gasteiger partial charge in [0.25, 0.3) is 5.91 Å². The Labute approximate surface area is 116 Å². The summed E-state index contributed by atoms with van der Waals surface area (Å²) in [4.78, 5) is 12.0. The Morgan fingerprint density at radius 1 is 1.44 bits per heavy atom. The van der Waals surface area contributed by atoms with Gasteiger partial charge in [0, 0.05) is 10.2 Å². The molecule has 1 amide bonds. The van der Waals surface area contributed by atoms with Gasteiger partial charge < -0.3 is 11.1 Å². The van der Waals surface area contributed by atoms with Crippen LogP contribution in [-0.2, 0) is 0 Å². The molecule has 0 atom stereocenters. The number of anilines is 2. The van der Waals surface area contributed by atoms with Gasteiger partial charge in [-0.1, -0.05) is 15.9 Å². The normalized spacial score (nSPS) is 9.78. The molecule has 0 saturated heterocycles. The number of nitrogens with two attached hydrogens (primary N) is 1. The number of benzene rings is 1. The first-order chi connectivity index (χ1) is 8.61. The summed E-state index contributed by atoms with van der Waals surface area (Å²) in [7, 11) is 0. The third-order valence-electron chi connectivity index (χ3n) is 2.27. The van der Waals surface area contributed by atoms with Crippen LogP contribution in [0, 0.1) is 11.3 Å². The Morgan fingerprint density at radius 2 is 2.22 bits per heavy atom. The zero-order valence-electron chi connectivity index (χ0n) is 9.11. The fourth-order valence-electron chi connectivity index (χ4n) is 1.40. The Hall–Kier alpha value is -1.84. The number of nitrogens with zero attached hydrogens (tertiary/aromatic N) is 1. The van der Waals surface area contributed by atoms with Crippen molar-refractivity contribution < 1.29 is 4.79 Å². The van der Waals surface area contributed by atoms with E-state index in [1.165, 1.54) is 11.3 Å². The molecule has 1 aromatic carbocycles. The number of carbonyl (C=O) groups is 1. The summed E-state index contributed by atoms with van der Waals surface area (Å²) in [5.41, 5.74) is 6.99. The van der Waals surface area contributed by atoms with Crippen LogP contribution in [0.3, 0.4) is 0 Å². The maximum atomic E-state index is 12.0. The highest BCUT2D eigenvalue weighted by molar-refractivity contribution is 9.10. The lowest BCUT2D eigenvalue weighted by atomic mass is 10.1. The molecule has 0 fully saturated rings. The largest absolute Gasteiger partial charge is 0.398 e. The minimum Gasteiger partial charge on any atom is -0.398 e. The standard InChI is InChI=1S/C12H8BrN3OS/c13-8-1-2-9(10(15)5-8)11(17)16-12-7(6-14)3-4-18-12/h1-5H,15H2,(H,16,17). The van der Waals surface area contributed by atoms with Crippen LogP contribution in [0.1, 0.15) is 15.9 Å². The van der Waals surface area contributed by atoms with Gasteiger partial charge in [-0.3, -0.25) is 4.79 Å². The van der Waals surface area contributed by atoms with Crippen molar-refractivity contribution in [2.45, 2.75) is 0 Å². The molecule has 1 aromatic heterocycles. The third kappa shape index (κ3) is 2.53. The van der Waals surface area contributed by atoms with Crippen LogP contribution in [0.5, 0.6) is 0 Å². The molecule has 6 heteroatoms. The molecule has 90 valence electrons. The molecule has 0 unspecified atom stereocenters. The van der Waals surface area contributed by atoms with E-state index in [4.69, 9.17) is 11.0 Å². The lowest BCUT2D eigenvalue weighted by Crippen LogP contribution is -2.13. The predicted molar refractivity (Wildman–Crippen MR) is 75.5 cm³/mol. The van der Waals surface area contributed by atoms with E-state index in [1.807, 2.05) is 6.07 Å². The third-order valence-corrected chi connectivity index (χ3v) is 3.59. The molecule has 0 radical (unpaired) electrons. The zero-order valence-corrected chi connectivity index (χ0v) is 11.5. The fraction of sp³-hybridized carbons (Fsp3) is 0. The molecule has 1 heterocycles. The van der Waals surface area contributed by atoms with Crippen LogP contribution in [0.15, 0.2) is 34.1 Å². The van der Waals surface area contributed by atoms with Gasteiger partial charge >= 0.3 is 0 Å². The van der Waals surface area contributed by atoms with Gasteiger partial charge in [-0.05, 0) is 29.6 Å². The van der Waals surface area contributed by atoms with E-state index in [2.05, 4.69) is 21.2 Å². The van der Waals surface area contributed by atoms with Crippen molar-refractivity contribution >= 4 is 43.9 Å². The average Bonchev–Trinajstić information content (AvgIpc) is 2.76. The van der Waals surface area contributed by atoms with Gasteiger partial charge in [-0.15, -0.1) is 11.3 Å². The number of nitrogen functional groups attached to an aromatic ring is 1. The molecule has 0 saturated carbocycles. The molecule has 0 aliphatic rings. The lowest BCUT2D eigenvalue weighted by molar-refractivity contribution is 0.102. The summed E-state index contributed by atoms with van der Waals surface area (Å²) in [6, 6.07) is 8.71. The van der Waals surface area contributed by atoms with Crippen molar-refractivity contribution in [3.63, 3.8) is 0 Å². The van der Waals surface area contributed by atoms with Gasteiger partial charge in [0.2, 0.25) is 0 Å². The summed E-state index contributed by atoms with van der Waals surface area (Å²) in [5.74, 6) is -0.320. The minimum absolute atomic E-state index is 0.320. The number of amides is 1. The molecule has 0 aliphatic heterocycles. The van der Waals surface area contributed by atoms with Gasteiger partial charge in [-0.25, -0.2) is 0 Å². The van der Waals surface area contributed by atoms with E-state index < -0.39 is 0 Å². The molecule has 2 aromatic rings. The van der Waals surface area contributed by atoms with Crippen molar-refractivity contribution in [1.29, 1.82) is 5.26 Å². The number of nitrogens with one attached hydrogen (secondary N) is 1. The van der Waals surface area contributed by atoms with Crippen LogP contribution >= 0.6 is 27.3 Å². The van der Waals surface area contributed by atoms with Gasteiger partial charge in [-0.2, -0.15) is 5.26 Å². The van der Waals surface area contributed by atoms with Gasteiger partial charge in [0.1, 0.15) is 11.1 Å². The van der Waals surface area contributed by atoms with E-state index in [0.717, 1.165) is 4.47 Å². The van der Waals surface area contributed by atoms with E-state index in [-0.39, 0.29) is 5.91 Å². The lowest BCUT2D eigenvalue weighted by Gasteiger charge is -2.06. The number of rotatable bonds is 2. The number of hydrogen-bond acceptors (Lipinski definition) is 4. The van der Waals surface area contributed by atoms with Crippen molar-refractivity contribution in [2.24, 2.45) is 0 Å². The quantitative estimate of drug-likeness (QED) is 0.833. The smallest absolute Gasteiger partial charge is 0.258 e. The Bertz CT molecular complexity index is 645. The molecule has 3 N–H and O–H groups in total. The summed E-state index contributed by atoms with van der Waals surface area (Å²) >= 11 is 4.58. The Balaban J connectivity index is 2.25. The highest BCUT2D eigenvalue weighted by atomic mass is 79.9. The molecule has 4 nitrogen and oxygen atoms in total. The van der Waals surface area contributed by atoms with Crippen LogP contribution in [0.2, 0.25) is 0 Å². The molecular formula is C12H8BrN3OS. The zero-order chi connectivity index (χ0) is 13.1. The van der Waals surface area contributed by atoms with Gasteiger partial charge in [0.15, 0.2) is 0 Å². The van der Waals surface area contributed by atoms with Gasteiger partial charge in [0.05, 0.1) is 11.1 Å². The van der Waals surface area contributed by atoms with Crippen molar-refractivity contribution in [1.82, 2.24) is 0 Å². The second-order valence-corrected chi connectivity index (χ2v) is 5.29. The van der Waals surface area contributed by atoms with E-state index >= 15 is 0 Å². The first-order valence-corrected chi connectivity index (χ1v) is 6.63. The van der Waals surface area contributed by atoms with Crippen molar-refractivity contribution in [2.75, 3.05) is 11.1 Å². The highest BCUT2D eigenvalue weighted by Gasteiger charge is 2.12. The molecule has 0 spiro atoms. The van der Waals surface area contributed by atoms with E-state index in [9.17, 15) is 4.79 Å². The van der Waals surface area contributed by atoms with E-state index in [1.54, 1.807) is 29.6 Å². The molecule has 0 bridgehead atoms. The number of thiophene rings is 1. The first kappa shape index (κ1) is 12.6. The summed E-state index contributed by atoms with van der Waals surface area (Å²) in [5, 5.41) is 13.8. The summed E-state index contributed by atoms with van der Waals surface area (Å²) in [6.07, 6.45) is 0. The Morgan fingerprint density at radius 3 is 2.89 bits per heavy atom. The molecule has 18 heavy (non-hydrogen) atoms. The SMILES string of the molecule is N#Cc1ccsc1NC(=O)c1ccc(Br)cc1N. The summed E-state index contributed by atoms with van der Waals surface area (Å²) in [6.45, 7) is 0. The van der Waals surface area contributed by atoms with Crippen LogP contribution in [-0.4, -0.2) is 5.91 Å².